The second-order valence-electron chi connectivity index (χ2n) is 6.14. The van der Waals surface area contributed by atoms with Gasteiger partial charge in [0, 0.05) is 11.1 Å². The smallest absolute Gasteiger partial charge is 0.324 e. The Hall–Kier alpha value is -3.55. The number of nitrogens with zero attached hydrogens (tertiary/aromatic N) is 4. The average molecular weight is 365 g/mol. The van der Waals surface area contributed by atoms with E-state index in [-0.39, 0.29) is 18.1 Å². The number of amides is 1. The molecule has 4 aromatic rings. The van der Waals surface area contributed by atoms with E-state index in [1.54, 1.807) is 0 Å². The minimum Gasteiger partial charge on any atom is -0.324 e. The maximum absolute atomic E-state index is 13.6. The Kier molecular flexibility index (Phi) is 4.15. The van der Waals surface area contributed by atoms with Gasteiger partial charge in [0.2, 0.25) is 5.91 Å². The van der Waals surface area contributed by atoms with Crippen LogP contribution in [0.15, 0.2) is 53.6 Å². The highest BCUT2D eigenvalue weighted by molar-refractivity contribution is 5.92. The van der Waals surface area contributed by atoms with Crippen LogP contribution in [0.5, 0.6) is 0 Å². The van der Waals surface area contributed by atoms with E-state index in [1.807, 2.05) is 31.2 Å². The maximum Gasteiger partial charge on any atom is 0.352 e. The number of carbonyl (C=O) groups excluding carboxylic acids is 1. The Balaban J connectivity index is 1.64. The number of nitrogens with one attached hydrogen (secondary N) is 1. The molecule has 2 aromatic heterocycles. The minimum absolute atomic E-state index is 0.254. The van der Waals surface area contributed by atoms with E-state index in [4.69, 9.17) is 0 Å². The number of anilines is 1. The third-order valence-electron chi connectivity index (χ3n) is 4.32. The molecule has 1 N–H and O–H groups in total. The van der Waals surface area contributed by atoms with Crippen LogP contribution in [0.25, 0.3) is 16.6 Å². The van der Waals surface area contributed by atoms with Gasteiger partial charge in [-0.3, -0.25) is 4.79 Å². The number of hydrogen-bond donors (Lipinski definition) is 1. The van der Waals surface area contributed by atoms with Crippen molar-refractivity contribution in [1.82, 2.24) is 19.2 Å². The third-order valence-corrected chi connectivity index (χ3v) is 4.32. The molecule has 2 aromatic carbocycles. The van der Waals surface area contributed by atoms with Crippen LogP contribution in [0.2, 0.25) is 0 Å². The van der Waals surface area contributed by atoms with Gasteiger partial charge in [0.15, 0.2) is 5.65 Å². The van der Waals surface area contributed by atoms with Gasteiger partial charge in [0.1, 0.15) is 18.7 Å². The summed E-state index contributed by atoms with van der Waals surface area (Å²) in [7, 11) is 0. The van der Waals surface area contributed by atoms with E-state index >= 15 is 0 Å². The number of hydrogen-bond acceptors (Lipinski definition) is 4. The van der Waals surface area contributed by atoms with Gasteiger partial charge < -0.3 is 5.32 Å². The van der Waals surface area contributed by atoms with Crippen molar-refractivity contribution in [3.05, 3.63) is 70.7 Å². The Morgan fingerprint density at radius 3 is 2.70 bits per heavy atom. The topological polar surface area (TPSA) is 81.3 Å². The predicted octanol–water partition coefficient (Wildman–Crippen LogP) is 2.38. The molecule has 0 aliphatic heterocycles. The number of aromatic nitrogens is 4. The maximum atomic E-state index is 13.6. The van der Waals surface area contributed by atoms with E-state index in [0.717, 1.165) is 16.7 Å². The molecule has 7 nitrogen and oxygen atoms in total. The van der Waals surface area contributed by atoms with Crippen molar-refractivity contribution in [1.29, 1.82) is 0 Å². The molecule has 0 unspecified atom stereocenters. The van der Waals surface area contributed by atoms with E-state index in [9.17, 15) is 14.0 Å². The fraction of sp³-hybridized carbons (Fsp3) is 0.158. The zero-order chi connectivity index (χ0) is 19.0. The van der Waals surface area contributed by atoms with Crippen LogP contribution in [-0.2, 0) is 17.8 Å². The fourth-order valence-electron chi connectivity index (χ4n) is 2.89. The third kappa shape index (κ3) is 3.17. The molecule has 4 rings (SSSR count). The summed E-state index contributed by atoms with van der Waals surface area (Å²) in [6.45, 7) is 1.79. The fourth-order valence-corrected chi connectivity index (χ4v) is 2.89. The van der Waals surface area contributed by atoms with Crippen LogP contribution in [0, 0.1) is 5.82 Å². The standard InChI is InChI=1S/C19H16FN5O2/c1-2-12-3-6-14(7-4-12)22-17(26)10-25-19(27)24-11-21-16-8-5-13(20)9-15(16)18(24)23-25/h3-9,11H,2,10H2,1H3,(H,22,26). The highest BCUT2D eigenvalue weighted by atomic mass is 19.1. The number of halogens is 1. The zero-order valence-electron chi connectivity index (χ0n) is 14.5. The first-order chi connectivity index (χ1) is 13.0. The summed E-state index contributed by atoms with van der Waals surface area (Å²) in [6.07, 6.45) is 2.23. The number of rotatable bonds is 4. The van der Waals surface area contributed by atoms with E-state index in [0.29, 0.717) is 16.6 Å². The molecule has 2 heterocycles. The van der Waals surface area contributed by atoms with Crippen LogP contribution in [-0.4, -0.2) is 25.1 Å². The van der Waals surface area contributed by atoms with Gasteiger partial charge in [0.05, 0.1) is 5.52 Å². The molecule has 0 radical (unpaired) electrons. The summed E-state index contributed by atoms with van der Waals surface area (Å²) in [4.78, 5) is 28.9. The summed E-state index contributed by atoms with van der Waals surface area (Å²) in [6, 6.07) is 11.5. The molecule has 0 aliphatic carbocycles. The van der Waals surface area contributed by atoms with E-state index in [2.05, 4.69) is 15.4 Å². The zero-order valence-corrected chi connectivity index (χ0v) is 14.5. The monoisotopic (exact) mass is 365 g/mol. The van der Waals surface area contributed by atoms with Gasteiger partial charge in [-0.1, -0.05) is 19.1 Å². The lowest BCUT2D eigenvalue weighted by molar-refractivity contribution is -0.117. The molecule has 1 amide bonds. The highest BCUT2D eigenvalue weighted by Crippen LogP contribution is 2.16. The van der Waals surface area contributed by atoms with Gasteiger partial charge >= 0.3 is 5.69 Å². The molecule has 0 atom stereocenters. The van der Waals surface area contributed by atoms with Crippen LogP contribution >= 0.6 is 0 Å². The Labute approximate surface area is 153 Å². The molecule has 0 saturated heterocycles. The lowest BCUT2D eigenvalue weighted by atomic mass is 10.1. The highest BCUT2D eigenvalue weighted by Gasteiger charge is 2.14. The Morgan fingerprint density at radius 1 is 1.19 bits per heavy atom. The van der Waals surface area contributed by atoms with Crippen LogP contribution < -0.4 is 11.0 Å². The van der Waals surface area contributed by atoms with Gasteiger partial charge in [-0.25, -0.2) is 23.3 Å². The number of aryl methyl sites for hydroxylation is 1. The SMILES string of the molecule is CCc1ccc(NC(=O)Cn2nc3c4cc(F)ccc4ncn3c2=O)cc1. The van der Waals surface area contributed by atoms with Crippen molar-refractivity contribution in [2.45, 2.75) is 19.9 Å². The molecule has 0 saturated carbocycles. The van der Waals surface area contributed by atoms with Gasteiger partial charge in [-0.2, -0.15) is 0 Å². The van der Waals surface area contributed by atoms with Crippen molar-refractivity contribution in [3.8, 4) is 0 Å². The van der Waals surface area contributed by atoms with Gasteiger partial charge in [-0.15, -0.1) is 5.10 Å². The second kappa shape index (κ2) is 6.64. The van der Waals surface area contributed by atoms with Crippen molar-refractivity contribution in [3.63, 3.8) is 0 Å². The predicted molar refractivity (Wildman–Crippen MR) is 99.2 cm³/mol. The molecular formula is C19H16FN5O2. The van der Waals surface area contributed by atoms with Gasteiger partial charge in [-0.05, 0) is 42.3 Å². The van der Waals surface area contributed by atoms with Crippen LogP contribution in [0.4, 0.5) is 10.1 Å². The molecular weight excluding hydrogens is 349 g/mol. The van der Waals surface area contributed by atoms with E-state index < -0.39 is 11.5 Å². The summed E-state index contributed by atoms with van der Waals surface area (Å²) < 4.78 is 15.8. The summed E-state index contributed by atoms with van der Waals surface area (Å²) in [5, 5.41) is 7.33. The van der Waals surface area contributed by atoms with Crippen molar-refractivity contribution < 1.29 is 9.18 Å². The molecule has 136 valence electrons. The van der Waals surface area contributed by atoms with Crippen molar-refractivity contribution in [2.24, 2.45) is 0 Å². The first-order valence-corrected chi connectivity index (χ1v) is 8.47. The summed E-state index contributed by atoms with van der Waals surface area (Å²) >= 11 is 0. The van der Waals surface area contributed by atoms with Crippen LogP contribution in [0.1, 0.15) is 12.5 Å². The largest absolute Gasteiger partial charge is 0.352 e. The molecule has 0 spiro atoms. The first-order valence-electron chi connectivity index (χ1n) is 8.47. The lowest BCUT2D eigenvalue weighted by Gasteiger charge is -2.05. The van der Waals surface area contributed by atoms with Crippen molar-refractivity contribution in [2.75, 3.05) is 5.32 Å². The quantitative estimate of drug-likeness (QED) is 0.602. The number of carbonyl (C=O) groups is 1. The molecule has 0 aliphatic rings. The summed E-state index contributed by atoms with van der Waals surface area (Å²) in [5.41, 5.74) is 2.06. The molecule has 0 fully saturated rings. The Morgan fingerprint density at radius 2 is 1.96 bits per heavy atom. The molecule has 8 heteroatoms. The Bertz CT molecular complexity index is 1210. The van der Waals surface area contributed by atoms with Gasteiger partial charge in [0.25, 0.3) is 0 Å². The van der Waals surface area contributed by atoms with E-state index in [1.165, 1.54) is 28.9 Å². The average Bonchev–Trinajstić information content (AvgIpc) is 2.98. The minimum atomic E-state index is -0.514. The van der Waals surface area contributed by atoms with Crippen molar-refractivity contribution >= 4 is 28.1 Å². The second-order valence-corrected chi connectivity index (χ2v) is 6.14. The molecule has 0 bridgehead atoms. The normalized spacial score (nSPS) is 11.2. The number of fused-ring (bicyclic) bond motifs is 3. The molecule has 27 heavy (non-hydrogen) atoms. The lowest BCUT2D eigenvalue weighted by Crippen LogP contribution is -2.28. The number of benzene rings is 2. The first kappa shape index (κ1) is 16.9. The summed E-state index contributed by atoms with van der Waals surface area (Å²) in [5.74, 6) is -0.833. The van der Waals surface area contributed by atoms with Crippen LogP contribution in [0.3, 0.4) is 0 Å².